The van der Waals surface area contributed by atoms with Crippen LogP contribution in [0.1, 0.15) is 47.8 Å². The van der Waals surface area contributed by atoms with Crippen LogP contribution in [0.5, 0.6) is 0 Å². The molecule has 0 fully saturated rings. The lowest BCUT2D eigenvalue weighted by molar-refractivity contribution is -0.384. The summed E-state index contributed by atoms with van der Waals surface area (Å²) in [5, 5.41) is 15.5. The lowest BCUT2D eigenvalue weighted by Crippen LogP contribution is -2.76. The largest absolute Gasteiger partial charge is 0.464 e. The van der Waals surface area contributed by atoms with E-state index in [2.05, 4.69) is 10.3 Å². The summed E-state index contributed by atoms with van der Waals surface area (Å²) in [6, 6.07) is 28.9. The van der Waals surface area contributed by atoms with Crippen molar-refractivity contribution >= 4 is 40.1 Å². The van der Waals surface area contributed by atoms with Gasteiger partial charge in [-0.15, -0.1) is 0 Å². The quantitative estimate of drug-likeness (QED) is 0.0980. The first kappa shape index (κ1) is 30.8. The maximum atomic E-state index is 15.6. The molecule has 11 nitrogen and oxygen atoms in total. The zero-order chi connectivity index (χ0) is 33.6. The van der Waals surface area contributed by atoms with Gasteiger partial charge in [0.05, 0.1) is 30.7 Å². The number of carbonyl (C=O) groups excluding carboxylic acids is 3. The zero-order valence-electron chi connectivity index (χ0n) is 26.3. The fourth-order valence-electron chi connectivity index (χ4n) is 7.37. The Hall–Kier alpha value is -5.81. The van der Waals surface area contributed by atoms with Crippen LogP contribution in [0.25, 0.3) is 10.9 Å². The molecule has 1 spiro atoms. The molecule has 2 aliphatic rings. The van der Waals surface area contributed by atoms with Gasteiger partial charge in [0.1, 0.15) is 5.41 Å². The van der Waals surface area contributed by atoms with E-state index in [0.29, 0.717) is 39.0 Å². The molecule has 11 heteroatoms. The first-order valence-electron chi connectivity index (χ1n) is 15.7. The number of nitrogens with zero attached hydrogens (tertiary/aromatic N) is 2. The maximum absolute atomic E-state index is 15.6. The number of aromatic amines is 1. The fraction of sp³-hybridized carbons (Fsp3) is 0.216. The highest BCUT2D eigenvalue weighted by Gasteiger charge is 2.76. The van der Waals surface area contributed by atoms with E-state index in [4.69, 9.17) is 9.47 Å². The molecular formula is C37H32N4O7. The molecule has 0 aliphatic carbocycles. The monoisotopic (exact) mass is 644 g/mol. The number of para-hydroxylation sites is 2. The summed E-state index contributed by atoms with van der Waals surface area (Å²) in [4.78, 5) is 61.2. The number of carbonyl (C=O) groups is 3. The lowest BCUT2D eigenvalue weighted by atomic mass is 9.57. The van der Waals surface area contributed by atoms with Crippen molar-refractivity contribution in [3.63, 3.8) is 0 Å². The molecule has 3 heterocycles. The highest BCUT2D eigenvalue weighted by Crippen LogP contribution is 2.59. The van der Waals surface area contributed by atoms with E-state index in [0.717, 1.165) is 5.56 Å². The second kappa shape index (κ2) is 11.8. The number of nitrogens with one attached hydrogen (secondary N) is 2. The predicted octanol–water partition coefficient (Wildman–Crippen LogP) is 5.47. The molecule has 7 rings (SSSR count). The Kier molecular flexibility index (Phi) is 7.56. The summed E-state index contributed by atoms with van der Waals surface area (Å²) in [6.07, 6.45) is 0. The van der Waals surface area contributed by atoms with Crippen LogP contribution in [0.4, 0.5) is 11.4 Å². The molecule has 2 atom stereocenters. The molecular weight excluding hydrogens is 612 g/mol. The Labute approximate surface area is 275 Å². The minimum atomic E-state index is -2.43. The van der Waals surface area contributed by atoms with Gasteiger partial charge in [0.15, 0.2) is 0 Å². The van der Waals surface area contributed by atoms with Crippen molar-refractivity contribution in [3.8, 4) is 0 Å². The number of esters is 2. The second-order valence-electron chi connectivity index (χ2n) is 11.7. The van der Waals surface area contributed by atoms with Gasteiger partial charge in [0.2, 0.25) is 11.4 Å². The Bertz CT molecular complexity index is 2060. The van der Waals surface area contributed by atoms with Crippen molar-refractivity contribution in [2.24, 2.45) is 0 Å². The first-order valence-corrected chi connectivity index (χ1v) is 15.7. The van der Waals surface area contributed by atoms with E-state index in [9.17, 15) is 19.7 Å². The zero-order valence-corrected chi connectivity index (χ0v) is 26.3. The van der Waals surface area contributed by atoms with Crippen LogP contribution in [0.3, 0.4) is 0 Å². The summed E-state index contributed by atoms with van der Waals surface area (Å²) < 4.78 is 11.4. The minimum absolute atomic E-state index is 0.0791. The smallest absolute Gasteiger partial charge is 0.340 e. The van der Waals surface area contributed by atoms with E-state index >= 15 is 4.79 Å². The van der Waals surface area contributed by atoms with E-state index in [1.165, 1.54) is 12.1 Å². The van der Waals surface area contributed by atoms with Gasteiger partial charge < -0.3 is 19.4 Å². The summed E-state index contributed by atoms with van der Waals surface area (Å²) in [5.41, 5.74) is -0.585. The normalized spacial score (nSPS) is 19.2. The summed E-state index contributed by atoms with van der Waals surface area (Å²) in [5.74, 6) is -2.46. The van der Waals surface area contributed by atoms with Gasteiger partial charge in [-0.05, 0) is 42.7 Å². The van der Waals surface area contributed by atoms with Gasteiger partial charge in [-0.1, -0.05) is 78.9 Å². The third kappa shape index (κ3) is 4.27. The Morgan fingerprint density at radius 3 is 2.15 bits per heavy atom. The Morgan fingerprint density at radius 2 is 1.48 bits per heavy atom. The molecule has 0 saturated carbocycles. The number of nitro groups is 1. The summed E-state index contributed by atoms with van der Waals surface area (Å²) in [7, 11) is 0. The van der Waals surface area contributed by atoms with Crippen molar-refractivity contribution in [2.45, 2.75) is 37.4 Å². The molecule has 5 aromatic rings. The average molecular weight is 645 g/mol. The number of benzene rings is 4. The van der Waals surface area contributed by atoms with Crippen LogP contribution in [-0.4, -0.2) is 46.5 Å². The van der Waals surface area contributed by atoms with Gasteiger partial charge in [-0.2, -0.15) is 0 Å². The number of hydrogen-bond acceptors (Lipinski definition) is 8. The molecule has 0 radical (unpaired) electrons. The van der Waals surface area contributed by atoms with E-state index in [-0.39, 0.29) is 25.4 Å². The number of anilines is 1. The standard InChI is InChI=1S/C37H32N4O7/c1-3-47-34(43)37(35(44)48-4-2)36(27-15-9-11-17-29(27)40(33(36)42)22-23-12-6-5-7-13-23)30-26-14-8-10-16-28(26)38-32(30)31(39-37)24-18-20-25(21-19-24)41(45)46/h5-21,31,38-39H,3-4,22H2,1-2H3/t31-,36+/m0/s1. The van der Waals surface area contributed by atoms with E-state index < -0.39 is 39.8 Å². The number of amides is 1. The van der Waals surface area contributed by atoms with Crippen molar-refractivity contribution in [1.82, 2.24) is 10.3 Å². The molecule has 2 aliphatic heterocycles. The minimum Gasteiger partial charge on any atom is -0.464 e. The van der Waals surface area contributed by atoms with Gasteiger partial charge in [-0.3, -0.25) is 20.2 Å². The van der Waals surface area contributed by atoms with Crippen molar-refractivity contribution < 1.29 is 28.8 Å². The maximum Gasteiger partial charge on any atom is 0.340 e. The third-order valence-electron chi connectivity index (χ3n) is 9.27. The summed E-state index contributed by atoms with van der Waals surface area (Å²) in [6.45, 7) is 3.27. The number of rotatable bonds is 8. The highest BCUT2D eigenvalue weighted by atomic mass is 16.6. The van der Waals surface area contributed by atoms with Gasteiger partial charge in [0, 0.05) is 40.0 Å². The Morgan fingerprint density at radius 1 is 0.854 bits per heavy atom. The molecule has 1 amide bonds. The number of fused-ring (bicyclic) bond motifs is 6. The third-order valence-corrected chi connectivity index (χ3v) is 9.27. The van der Waals surface area contributed by atoms with Crippen LogP contribution in [-0.2, 0) is 35.8 Å². The lowest BCUT2D eigenvalue weighted by Gasteiger charge is -2.49. The van der Waals surface area contributed by atoms with Crippen molar-refractivity contribution in [1.29, 1.82) is 0 Å². The number of aromatic nitrogens is 1. The van der Waals surface area contributed by atoms with Crippen LogP contribution < -0.4 is 10.2 Å². The number of ether oxygens (including phenoxy) is 2. The molecule has 0 saturated heterocycles. The van der Waals surface area contributed by atoms with E-state index in [1.54, 1.807) is 43.0 Å². The molecule has 1 aromatic heterocycles. The molecule has 242 valence electrons. The first-order chi connectivity index (χ1) is 23.3. The predicted molar refractivity (Wildman–Crippen MR) is 177 cm³/mol. The molecule has 2 N–H and O–H groups in total. The van der Waals surface area contributed by atoms with Gasteiger partial charge in [0.25, 0.3) is 5.69 Å². The topological polar surface area (TPSA) is 144 Å². The van der Waals surface area contributed by atoms with Crippen LogP contribution in [0.15, 0.2) is 103 Å². The number of H-pyrrole nitrogens is 1. The van der Waals surface area contributed by atoms with Crippen LogP contribution in [0.2, 0.25) is 0 Å². The molecule has 48 heavy (non-hydrogen) atoms. The van der Waals surface area contributed by atoms with Gasteiger partial charge in [-0.25, -0.2) is 9.59 Å². The van der Waals surface area contributed by atoms with Crippen LogP contribution >= 0.6 is 0 Å². The number of hydrogen-bond donors (Lipinski definition) is 2. The highest BCUT2D eigenvalue weighted by molar-refractivity contribution is 6.23. The van der Waals surface area contributed by atoms with Crippen molar-refractivity contribution in [2.75, 3.05) is 18.1 Å². The van der Waals surface area contributed by atoms with Crippen molar-refractivity contribution in [3.05, 3.63) is 141 Å². The molecule has 0 unspecified atom stereocenters. The average Bonchev–Trinajstić information content (AvgIpc) is 3.60. The molecule has 0 bridgehead atoms. The molecule has 4 aromatic carbocycles. The van der Waals surface area contributed by atoms with Crippen LogP contribution in [0, 0.1) is 10.1 Å². The fourth-order valence-corrected chi connectivity index (χ4v) is 7.37. The van der Waals surface area contributed by atoms with E-state index in [1.807, 2.05) is 66.7 Å². The van der Waals surface area contributed by atoms with Gasteiger partial charge >= 0.3 is 11.9 Å². The number of nitro benzene ring substituents is 1. The number of non-ortho nitro benzene ring substituents is 1. The SMILES string of the molecule is CCOC(=O)C1(C(=O)OCC)N[C@@H](c2ccc([N+](=O)[O-])cc2)c2[nH]c3ccccc3c2[C@]12C(=O)N(Cc1ccccc1)c1ccccc12. The summed E-state index contributed by atoms with van der Waals surface area (Å²) >= 11 is 0. The Balaban J connectivity index is 1.61. The second-order valence-corrected chi connectivity index (χ2v) is 11.7.